The van der Waals surface area contributed by atoms with Crippen molar-refractivity contribution in [1.82, 2.24) is 5.32 Å². The molecule has 0 radical (unpaired) electrons. The van der Waals surface area contributed by atoms with Crippen LogP contribution in [0.1, 0.15) is 12.0 Å². The molecule has 0 aliphatic rings. The number of methoxy groups -OCH3 is 1. The second-order valence-corrected chi connectivity index (χ2v) is 3.57. The van der Waals surface area contributed by atoms with Gasteiger partial charge in [0.25, 0.3) is 0 Å². The van der Waals surface area contributed by atoms with Gasteiger partial charge in [-0.1, -0.05) is 6.07 Å². The largest absolute Gasteiger partial charge is 0.497 e. The lowest BCUT2D eigenvalue weighted by atomic mass is 10.2. The Balaban J connectivity index is 2.73. The molecule has 1 aromatic carbocycles. The van der Waals surface area contributed by atoms with Gasteiger partial charge >= 0.3 is 0 Å². The second-order valence-electron chi connectivity index (χ2n) is 3.57. The van der Waals surface area contributed by atoms with Crippen molar-refractivity contribution in [2.24, 2.45) is 5.73 Å². The van der Waals surface area contributed by atoms with E-state index in [1.807, 2.05) is 19.2 Å². The molecule has 0 aromatic heterocycles. The topological polar surface area (TPSA) is 73.6 Å². The molecule has 0 fully saturated rings. The highest BCUT2D eigenvalue weighted by Gasteiger charge is 2.06. The van der Waals surface area contributed by atoms with E-state index in [1.54, 1.807) is 13.2 Å². The molecule has 17 heavy (non-hydrogen) atoms. The lowest BCUT2D eigenvalue weighted by molar-refractivity contribution is -0.118. The molecule has 0 atom stereocenters. The number of primary amides is 1. The molecule has 0 aliphatic heterocycles. The summed E-state index contributed by atoms with van der Waals surface area (Å²) in [6, 6.07) is 5.59. The number of amides is 1. The van der Waals surface area contributed by atoms with Crippen LogP contribution in [-0.4, -0.2) is 26.7 Å². The van der Waals surface area contributed by atoms with Crippen LogP contribution in [0.4, 0.5) is 0 Å². The van der Waals surface area contributed by atoms with Crippen molar-refractivity contribution < 1.29 is 14.3 Å². The molecule has 0 spiro atoms. The first-order valence-corrected chi connectivity index (χ1v) is 5.40. The van der Waals surface area contributed by atoms with Gasteiger partial charge in [-0.05, 0) is 13.1 Å². The predicted molar refractivity (Wildman–Crippen MR) is 65.1 cm³/mol. The Morgan fingerprint density at radius 3 is 2.82 bits per heavy atom. The van der Waals surface area contributed by atoms with Crippen LogP contribution in [0, 0.1) is 0 Å². The van der Waals surface area contributed by atoms with E-state index in [2.05, 4.69) is 5.32 Å². The van der Waals surface area contributed by atoms with Gasteiger partial charge in [-0.25, -0.2) is 0 Å². The van der Waals surface area contributed by atoms with E-state index in [-0.39, 0.29) is 18.9 Å². The molecule has 1 rings (SSSR count). The number of nitrogens with one attached hydrogen (secondary N) is 1. The van der Waals surface area contributed by atoms with Gasteiger partial charge < -0.3 is 20.5 Å². The number of hydrogen-bond acceptors (Lipinski definition) is 4. The minimum atomic E-state index is -0.372. The van der Waals surface area contributed by atoms with E-state index in [9.17, 15) is 4.79 Å². The summed E-state index contributed by atoms with van der Waals surface area (Å²) in [6.07, 6.45) is 0.205. The first-order valence-electron chi connectivity index (χ1n) is 5.40. The van der Waals surface area contributed by atoms with Crippen LogP contribution in [0.3, 0.4) is 0 Å². The maximum absolute atomic E-state index is 10.6. The molecule has 0 saturated carbocycles. The maximum atomic E-state index is 10.6. The monoisotopic (exact) mass is 238 g/mol. The Hall–Kier alpha value is -1.75. The summed E-state index contributed by atoms with van der Waals surface area (Å²) in [7, 11) is 3.46. The summed E-state index contributed by atoms with van der Waals surface area (Å²) in [5, 5.41) is 3.05. The van der Waals surface area contributed by atoms with Crippen LogP contribution >= 0.6 is 0 Å². The van der Waals surface area contributed by atoms with Gasteiger partial charge in [-0.3, -0.25) is 4.79 Å². The van der Waals surface area contributed by atoms with Crippen molar-refractivity contribution >= 4 is 5.91 Å². The van der Waals surface area contributed by atoms with Crippen molar-refractivity contribution in [2.75, 3.05) is 20.8 Å². The molecule has 0 unspecified atom stereocenters. The summed E-state index contributed by atoms with van der Waals surface area (Å²) in [6.45, 7) is 0.967. The smallest absolute Gasteiger partial charge is 0.220 e. The van der Waals surface area contributed by atoms with Gasteiger partial charge in [0.1, 0.15) is 11.5 Å². The lowest BCUT2D eigenvalue weighted by Gasteiger charge is -2.12. The number of carbonyl (C=O) groups is 1. The fourth-order valence-electron chi connectivity index (χ4n) is 1.39. The van der Waals surface area contributed by atoms with Gasteiger partial charge in [0.15, 0.2) is 0 Å². The van der Waals surface area contributed by atoms with Crippen molar-refractivity contribution in [3.63, 3.8) is 0 Å². The van der Waals surface area contributed by atoms with Crippen molar-refractivity contribution in [3.05, 3.63) is 23.8 Å². The quantitative estimate of drug-likeness (QED) is 0.732. The molecule has 94 valence electrons. The number of hydrogen-bond donors (Lipinski definition) is 2. The Kier molecular flexibility index (Phi) is 5.29. The van der Waals surface area contributed by atoms with E-state index in [0.29, 0.717) is 12.3 Å². The van der Waals surface area contributed by atoms with E-state index >= 15 is 0 Å². The van der Waals surface area contributed by atoms with Gasteiger partial charge in [-0.15, -0.1) is 0 Å². The Morgan fingerprint density at radius 2 is 2.24 bits per heavy atom. The van der Waals surface area contributed by atoms with Crippen LogP contribution in [0.5, 0.6) is 11.5 Å². The highest BCUT2D eigenvalue weighted by molar-refractivity contribution is 5.73. The summed E-state index contributed by atoms with van der Waals surface area (Å²) < 4.78 is 10.6. The van der Waals surface area contributed by atoms with E-state index in [1.165, 1.54) is 0 Å². The first kappa shape index (κ1) is 13.3. The second kappa shape index (κ2) is 6.75. The predicted octanol–water partition coefficient (Wildman–Crippen LogP) is 0.669. The maximum Gasteiger partial charge on any atom is 0.220 e. The molecule has 0 heterocycles. The zero-order valence-corrected chi connectivity index (χ0v) is 10.2. The summed E-state index contributed by atoms with van der Waals surface area (Å²) >= 11 is 0. The molecular weight excluding hydrogens is 220 g/mol. The van der Waals surface area contributed by atoms with E-state index < -0.39 is 0 Å². The number of ether oxygens (including phenoxy) is 2. The van der Waals surface area contributed by atoms with Crippen molar-refractivity contribution in [2.45, 2.75) is 13.0 Å². The third-order valence-corrected chi connectivity index (χ3v) is 2.25. The lowest BCUT2D eigenvalue weighted by Crippen LogP contribution is -2.15. The van der Waals surface area contributed by atoms with E-state index in [4.69, 9.17) is 15.2 Å². The van der Waals surface area contributed by atoms with Crippen LogP contribution in [-0.2, 0) is 11.3 Å². The first-order chi connectivity index (χ1) is 8.17. The average molecular weight is 238 g/mol. The van der Waals surface area contributed by atoms with Gasteiger partial charge in [0, 0.05) is 18.2 Å². The third kappa shape index (κ3) is 4.32. The van der Waals surface area contributed by atoms with Gasteiger partial charge in [0.2, 0.25) is 5.91 Å². The molecule has 1 aromatic rings. The zero-order valence-electron chi connectivity index (χ0n) is 10.2. The SMILES string of the molecule is CNCc1ccc(OC)cc1OCCC(N)=O. The average Bonchev–Trinajstić information content (AvgIpc) is 2.31. The summed E-state index contributed by atoms with van der Waals surface area (Å²) in [5.41, 5.74) is 6.07. The Morgan fingerprint density at radius 1 is 1.47 bits per heavy atom. The van der Waals surface area contributed by atoms with Crippen molar-refractivity contribution in [3.8, 4) is 11.5 Å². The zero-order chi connectivity index (χ0) is 12.7. The number of rotatable bonds is 7. The summed E-state index contributed by atoms with van der Waals surface area (Å²) in [4.78, 5) is 10.6. The molecule has 1 amide bonds. The number of benzene rings is 1. The molecule has 0 bridgehead atoms. The minimum Gasteiger partial charge on any atom is -0.497 e. The van der Waals surface area contributed by atoms with E-state index in [0.717, 1.165) is 11.3 Å². The summed E-state index contributed by atoms with van der Waals surface area (Å²) in [5.74, 6) is 1.06. The van der Waals surface area contributed by atoms with Crippen LogP contribution in [0.15, 0.2) is 18.2 Å². The third-order valence-electron chi connectivity index (χ3n) is 2.25. The minimum absolute atomic E-state index is 0.205. The number of nitrogens with two attached hydrogens (primary N) is 1. The fourth-order valence-corrected chi connectivity index (χ4v) is 1.39. The number of carbonyl (C=O) groups excluding carboxylic acids is 1. The standard InChI is InChI=1S/C12H18N2O3/c1-14-8-9-3-4-10(16-2)7-11(9)17-6-5-12(13)15/h3-4,7,14H,5-6,8H2,1-2H3,(H2,13,15). The molecular formula is C12H18N2O3. The van der Waals surface area contributed by atoms with Crippen molar-refractivity contribution in [1.29, 1.82) is 0 Å². The molecule has 5 nitrogen and oxygen atoms in total. The molecule has 0 saturated heterocycles. The molecule has 3 N–H and O–H groups in total. The van der Waals surface area contributed by atoms with Crippen LogP contribution in [0.25, 0.3) is 0 Å². The van der Waals surface area contributed by atoms with Crippen LogP contribution < -0.4 is 20.5 Å². The normalized spacial score (nSPS) is 10.0. The van der Waals surface area contributed by atoms with Gasteiger partial charge in [-0.2, -0.15) is 0 Å². The highest BCUT2D eigenvalue weighted by Crippen LogP contribution is 2.24. The Bertz CT molecular complexity index is 380. The van der Waals surface area contributed by atoms with Gasteiger partial charge in [0.05, 0.1) is 20.1 Å². The molecule has 0 aliphatic carbocycles. The molecule has 5 heteroatoms. The fraction of sp³-hybridized carbons (Fsp3) is 0.417. The highest BCUT2D eigenvalue weighted by atomic mass is 16.5. The van der Waals surface area contributed by atoms with Crippen LogP contribution in [0.2, 0.25) is 0 Å². The Labute approximate surface area is 101 Å².